The first-order chi connectivity index (χ1) is 3.71. The van der Waals surface area contributed by atoms with Gasteiger partial charge in [-0.05, 0) is 0 Å². The van der Waals surface area contributed by atoms with Crippen LogP contribution in [0.4, 0.5) is 0 Å². The molecule has 0 aliphatic rings. The Bertz CT molecular complexity index is 157. The molecule has 0 bridgehead atoms. The van der Waals surface area contributed by atoms with Crippen molar-refractivity contribution in [2.24, 2.45) is 0 Å². The van der Waals surface area contributed by atoms with Crippen LogP contribution in [0.15, 0.2) is 0 Å². The molecule has 0 atom stereocenters. The second-order valence-electron chi connectivity index (χ2n) is 1.06. The summed E-state index contributed by atoms with van der Waals surface area (Å²) in [7, 11) is -10.1. The Balaban J connectivity index is -0.000000320. The van der Waals surface area contributed by atoms with Gasteiger partial charge in [-0.3, -0.25) is 0 Å². The zero-order chi connectivity index (χ0) is 7.71. The van der Waals surface area contributed by atoms with Gasteiger partial charge in [-0.15, -0.1) is 0 Å². The fourth-order valence-electron chi connectivity index (χ4n) is 0.139. The van der Waals surface area contributed by atoms with E-state index in [2.05, 4.69) is 4.31 Å². The molecule has 0 amide bonds. The van der Waals surface area contributed by atoms with Gasteiger partial charge in [-0.25, -0.2) is 9.13 Å². The van der Waals surface area contributed by atoms with Gasteiger partial charge in [-0.2, -0.15) is 4.31 Å². The molecule has 0 aliphatic heterocycles. The third kappa shape index (κ3) is 19.1. The van der Waals surface area contributed by atoms with Crippen molar-refractivity contribution in [2.45, 2.75) is 0 Å². The van der Waals surface area contributed by atoms with Crippen LogP contribution in [0.3, 0.4) is 0 Å². The van der Waals surface area contributed by atoms with E-state index < -0.39 is 15.6 Å². The zero-order valence-electron chi connectivity index (χ0n) is 3.91. The predicted molar refractivity (Wildman–Crippen MR) is 42.3 cm³/mol. The molecule has 0 aliphatic carbocycles. The number of hydrogen-bond acceptors (Lipinski definition) is 3. The Morgan fingerprint density at radius 3 is 1.09 bits per heavy atom. The van der Waals surface area contributed by atoms with Crippen molar-refractivity contribution in [3.8, 4) is 0 Å². The van der Waals surface area contributed by atoms with Crippen molar-refractivity contribution >= 4 is 87.6 Å². The molecular weight excluding hydrogens is 336 g/mol. The van der Waals surface area contributed by atoms with Crippen LogP contribution in [0.25, 0.3) is 0 Å². The van der Waals surface area contributed by atoms with Gasteiger partial charge in [0.05, 0.1) is 0 Å². The standard InChI is InChI=1S/Ba.Mg.H4O7P2.4H/c;;1-8(2,3)7-9(4,5)6;;;;/h;;(H2,1,2,3)(H2,4,5,6);;;;. The summed E-state index contributed by atoms with van der Waals surface area (Å²) in [6.07, 6.45) is 0. The number of rotatable bonds is 2. The van der Waals surface area contributed by atoms with E-state index in [1.165, 1.54) is 0 Å². The second kappa shape index (κ2) is 6.96. The Hall–Kier alpha value is 2.60. The van der Waals surface area contributed by atoms with Crippen LogP contribution in [0.2, 0.25) is 0 Å². The molecule has 0 spiro atoms. The first kappa shape index (κ1) is 19.2. The normalized spacial score (nSPS) is 11.3. The van der Waals surface area contributed by atoms with Crippen LogP contribution in [0.1, 0.15) is 0 Å². The fraction of sp³-hybridized carbons (Fsp3) is 0. The van der Waals surface area contributed by atoms with E-state index in [-0.39, 0.29) is 71.9 Å². The van der Waals surface area contributed by atoms with Gasteiger partial charge in [0, 0.05) is 0 Å². The Kier molecular flexibility index (Phi) is 12.2. The van der Waals surface area contributed by atoms with E-state index in [4.69, 9.17) is 19.6 Å². The maximum atomic E-state index is 9.63. The minimum atomic E-state index is -5.05. The molecule has 0 heterocycles. The van der Waals surface area contributed by atoms with Crippen molar-refractivity contribution < 1.29 is 33.0 Å². The molecule has 11 heavy (non-hydrogen) atoms. The molecule has 0 radical (unpaired) electrons. The Morgan fingerprint density at radius 2 is 1.09 bits per heavy atom. The van der Waals surface area contributed by atoms with Crippen molar-refractivity contribution in [1.29, 1.82) is 0 Å². The van der Waals surface area contributed by atoms with Gasteiger partial charge in [0.1, 0.15) is 0 Å². The SMILES string of the molecule is O=P(O)(O)OP(=O)(O)O.[BaH2].[MgH2]. The van der Waals surface area contributed by atoms with Crippen LogP contribution in [0, 0.1) is 0 Å². The largest absolute Gasteiger partial charge is 0.316 e. The fourth-order valence-corrected chi connectivity index (χ4v) is 1.25. The van der Waals surface area contributed by atoms with Crippen molar-refractivity contribution in [3.05, 3.63) is 0 Å². The smallest absolute Gasteiger partial charge is 0.316 e. The van der Waals surface area contributed by atoms with E-state index in [0.717, 1.165) is 0 Å². The molecule has 0 saturated heterocycles. The van der Waals surface area contributed by atoms with Crippen LogP contribution in [0.5, 0.6) is 0 Å². The molecule has 7 nitrogen and oxygen atoms in total. The Labute approximate surface area is 119 Å². The van der Waals surface area contributed by atoms with Crippen LogP contribution < -0.4 is 0 Å². The number of hydrogen-bond donors (Lipinski definition) is 4. The molecule has 0 aromatic rings. The van der Waals surface area contributed by atoms with Crippen molar-refractivity contribution in [2.75, 3.05) is 0 Å². The summed E-state index contributed by atoms with van der Waals surface area (Å²) in [5.41, 5.74) is 0. The minimum absolute atomic E-state index is 0. The van der Waals surface area contributed by atoms with E-state index in [1.54, 1.807) is 0 Å². The molecule has 0 saturated carbocycles. The summed E-state index contributed by atoms with van der Waals surface area (Å²) in [5.74, 6) is 0. The summed E-state index contributed by atoms with van der Waals surface area (Å²) in [6, 6.07) is 0. The molecule has 64 valence electrons. The van der Waals surface area contributed by atoms with Crippen LogP contribution in [-0.2, 0) is 13.4 Å². The third-order valence-electron chi connectivity index (χ3n) is 0.213. The summed E-state index contributed by atoms with van der Waals surface area (Å²) in [6.45, 7) is 0. The van der Waals surface area contributed by atoms with Gasteiger partial charge in [0.2, 0.25) is 0 Å². The average Bonchev–Trinajstić information content (AvgIpc) is 1.14. The quantitative estimate of drug-likeness (QED) is 0.319. The first-order valence-electron chi connectivity index (χ1n) is 1.53. The summed E-state index contributed by atoms with van der Waals surface area (Å²) in [4.78, 5) is 31.0. The molecule has 11 heteroatoms. The molecule has 4 N–H and O–H groups in total. The molecule has 0 aromatic heterocycles. The van der Waals surface area contributed by atoms with Crippen LogP contribution >= 0.6 is 15.6 Å². The second-order valence-corrected chi connectivity index (χ2v) is 3.68. The summed E-state index contributed by atoms with van der Waals surface area (Å²) >= 11 is 0. The predicted octanol–water partition coefficient (Wildman–Crippen LogP) is -2.64. The van der Waals surface area contributed by atoms with Crippen molar-refractivity contribution in [1.82, 2.24) is 0 Å². The number of phosphoric acid groups is 2. The van der Waals surface area contributed by atoms with Gasteiger partial charge in [0.15, 0.2) is 0 Å². The maximum absolute atomic E-state index is 9.63. The summed E-state index contributed by atoms with van der Waals surface area (Å²) < 4.78 is 22.2. The Morgan fingerprint density at radius 1 is 0.909 bits per heavy atom. The molecule has 0 fully saturated rings. The van der Waals surface area contributed by atoms with E-state index in [9.17, 15) is 9.13 Å². The van der Waals surface area contributed by atoms with Gasteiger partial charge >= 0.3 is 87.6 Å². The third-order valence-corrected chi connectivity index (χ3v) is 1.91. The molecule has 0 aromatic carbocycles. The average molecular weight is 344 g/mol. The van der Waals surface area contributed by atoms with E-state index in [0.29, 0.717) is 0 Å². The maximum Gasteiger partial charge on any atom is 0.316 e. The van der Waals surface area contributed by atoms with Gasteiger partial charge in [0.25, 0.3) is 0 Å². The minimum Gasteiger partial charge on any atom is 0.316 e. The first-order valence-corrected chi connectivity index (χ1v) is 4.59. The van der Waals surface area contributed by atoms with Gasteiger partial charge < -0.3 is 19.6 Å². The molecule has 0 rings (SSSR count). The zero-order valence-corrected chi connectivity index (χ0v) is 5.70. The van der Waals surface area contributed by atoms with Crippen LogP contribution in [-0.4, -0.2) is 91.5 Å². The summed E-state index contributed by atoms with van der Waals surface area (Å²) in [5, 5.41) is 0. The van der Waals surface area contributed by atoms with E-state index in [1.807, 2.05) is 0 Å². The van der Waals surface area contributed by atoms with Gasteiger partial charge in [-0.1, -0.05) is 0 Å². The van der Waals surface area contributed by atoms with E-state index >= 15 is 0 Å². The molecular formula is H8BaMgO7P2. The topological polar surface area (TPSA) is 124 Å². The monoisotopic (exact) mass is 344 g/mol. The molecule has 0 unspecified atom stereocenters. The van der Waals surface area contributed by atoms with Crippen molar-refractivity contribution in [3.63, 3.8) is 0 Å².